The molecule has 12 heteroatoms. The Labute approximate surface area is 177 Å². The third-order valence-corrected chi connectivity index (χ3v) is 3.46. The van der Waals surface area contributed by atoms with Crippen LogP contribution in [-0.4, -0.2) is 14.8 Å². The van der Waals surface area contributed by atoms with E-state index in [1.807, 2.05) is 6.92 Å². The highest BCUT2D eigenvalue weighted by Crippen LogP contribution is 2.18. The molecule has 31 heavy (non-hydrogen) atoms. The first-order valence-electron chi connectivity index (χ1n) is 8.31. The SMILES string of the molecule is Cc1ccc([N+](=O)[O-])cc1.N.Nc1cccc([N+](=O)[O-])c1.Nc1ccccc1[N+](=O)[O-]. The first-order valence-corrected chi connectivity index (χ1v) is 8.31. The van der Waals surface area contributed by atoms with Crippen molar-refractivity contribution in [3.8, 4) is 0 Å². The maximum atomic E-state index is 10.1. The summed E-state index contributed by atoms with van der Waals surface area (Å²) in [6.45, 7) is 1.89. The molecule has 12 nitrogen and oxygen atoms in total. The second kappa shape index (κ2) is 12.8. The summed E-state index contributed by atoms with van der Waals surface area (Å²) >= 11 is 0. The summed E-state index contributed by atoms with van der Waals surface area (Å²) < 4.78 is 0. The zero-order valence-corrected chi connectivity index (χ0v) is 16.6. The van der Waals surface area contributed by atoms with Gasteiger partial charge in [0.25, 0.3) is 17.1 Å². The molecule has 0 spiro atoms. The molecule has 3 rings (SSSR count). The molecule has 0 aliphatic rings. The Balaban J connectivity index is 0.000000429. The molecule has 7 N–H and O–H groups in total. The average molecular weight is 430 g/mol. The largest absolute Gasteiger partial charge is 0.399 e. The second-order valence-corrected chi connectivity index (χ2v) is 5.76. The van der Waals surface area contributed by atoms with E-state index < -0.39 is 14.8 Å². The number of hydrogen-bond acceptors (Lipinski definition) is 9. The maximum absolute atomic E-state index is 10.1. The first kappa shape index (κ1) is 26.4. The van der Waals surface area contributed by atoms with Crippen LogP contribution in [0.4, 0.5) is 28.4 Å². The number of nitrogens with two attached hydrogens (primary N) is 2. The van der Waals surface area contributed by atoms with Gasteiger partial charge in [-0.15, -0.1) is 0 Å². The number of nitrogens with zero attached hydrogens (tertiary/aromatic N) is 3. The van der Waals surface area contributed by atoms with Crippen molar-refractivity contribution in [3.63, 3.8) is 0 Å². The Morgan fingerprint density at radius 3 is 1.61 bits per heavy atom. The summed E-state index contributed by atoms with van der Waals surface area (Å²) in [7, 11) is 0. The van der Waals surface area contributed by atoms with Crippen LogP contribution in [0.1, 0.15) is 5.56 Å². The molecule has 3 aromatic rings. The molecule has 0 amide bonds. The van der Waals surface area contributed by atoms with Gasteiger partial charge in [-0.1, -0.05) is 35.9 Å². The fourth-order valence-corrected chi connectivity index (χ4v) is 1.96. The fourth-order valence-electron chi connectivity index (χ4n) is 1.96. The van der Waals surface area contributed by atoms with Crippen molar-refractivity contribution >= 4 is 28.4 Å². The van der Waals surface area contributed by atoms with Crippen LogP contribution in [0, 0.1) is 37.3 Å². The molecule has 0 aromatic heterocycles. The molecule has 0 atom stereocenters. The van der Waals surface area contributed by atoms with Gasteiger partial charge in [0.05, 0.1) is 14.8 Å². The highest BCUT2D eigenvalue weighted by atomic mass is 16.6. The summed E-state index contributed by atoms with van der Waals surface area (Å²) in [5, 5.41) is 30.4. The molecule has 0 saturated carbocycles. The Kier molecular flexibility index (Phi) is 10.9. The van der Waals surface area contributed by atoms with Crippen molar-refractivity contribution in [1.29, 1.82) is 0 Å². The van der Waals surface area contributed by atoms with Crippen molar-refractivity contribution in [2.45, 2.75) is 6.92 Å². The molecule has 0 radical (unpaired) electrons. The van der Waals surface area contributed by atoms with E-state index in [-0.39, 0.29) is 28.9 Å². The van der Waals surface area contributed by atoms with E-state index in [1.54, 1.807) is 36.4 Å². The quantitative estimate of drug-likeness (QED) is 0.304. The lowest BCUT2D eigenvalue weighted by Crippen LogP contribution is -1.93. The summed E-state index contributed by atoms with van der Waals surface area (Å²) in [6.07, 6.45) is 0. The molecule has 3 aromatic carbocycles. The molecule has 0 aliphatic heterocycles. The van der Waals surface area contributed by atoms with E-state index in [4.69, 9.17) is 11.5 Å². The monoisotopic (exact) mass is 430 g/mol. The van der Waals surface area contributed by atoms with Gasteiger partial charge in [0, 0.05) is 36.0 Å². The zero-order chi connectivity index (χ0) is 22.7. The molecule has 0 saturated heterocycles. The minimum Gasteiger partial charge on any atom is -0.399 e. The van der Waals surface area contributed by atoms with Gasteiger partial charge in [0.2, 0.25) is 0 Å². The van der Waals surface area contributed by atoms with E-state index in [1.165, 1.54) is 36.4 Å². The van der Waals surface area contributed by atoms with Gasteiger partial charge in [-0.2, -0.15) is 0 Å². The standard InChI is InChI=1S/C7H7NO2.2C6H6N2O2.H3N/c1-6-2-4-7(5-3-6)8(9)10;7-5-2-1-3-6(4-5)8(9)10;7-5-3-1-2-4-6(5)8(9)10;/h2-5H,1H3;2*1-4H,7H2;1H3. The van der Waals surface area contributed by atoms with Gasteiger partial charge in [0.1, 0.15) is 5.69 Å². The predicted molar refractivity (Wildman–Crippen MR) is 118 cm³/mol. The van der Waals surface area contributed by atoms with Crippen molar-refractivity contribution in [2.24, 2.45) is 0 Å². The average Bonchev–Trinajstić information content (AvgIpc) is 2.69. The van der Waals surface area contributed by atoms with Crippen LogP contribution < -0.4 is 17.6 Å². The van der Waals surface area contributed by atoms with Crippen LogP contribution in [0.25, 0.3) is 0 Å². The smallest absolute Gasteiger partial charge is 0.292 e. The van der Waals surface area contributed by atoms with Crippen molar-refractivity contribution in [1.82, 2.24) is 6.15 Å². The maximum Gasteiger partial charge on any atom is 0.292 e. The Morgan fingerprint density at radius 2 is 1.23 bits per heavy atom. The fraction of sp³-hybridized carbons (Fsp3) is 0.0526. The van der Waals surface area contributed by atoms with Crippen molar-refractivity contribution in [2.75, 3.05) is 11.5 Å². The molecular formula is C19H22N6O6. The lowest BCUT2D eigenvalue weighted by molar-refractivity contribution is -0.385. The Morgan fingerprint density at radius 1 is 0.677 bits per heavy atom. The number of nitrogen functional groups attached to an aromatic ring is 2. The second-order valence-electron chi connectivity index (χ2n) is 5.76. The van der Waals surface area contributed by atoms with E-state index in [9.17, 15) is 30.3 Å². The first-order chi connectivity index (χ1) is 14.1. The molecule has 0 unspecified atom stereocenters. The van der Waals surface area contributed by atoms with Gasteiger partial charge in [0.15, 0.2) is 0 Å². The lowest BCUT2D eigenvalue weighted by atomic mass is 10.2. The van der Waals surface area contributed by atoms with Gasteiger partial charge >= 0.3 is 0 Å². The summed E-state index contributed by atoms with van der Waals surface area (Å²) in [5.74, 6) is 0. The minimum absolute atomic E-state index is 0. The van der Waals surface area contributed by atoms with E-state index in [0.717, 1.165) is 5.56 Å². The highest BCUT2D eigenvalue weighted by molar-refractivity contribution is 5.57. The van der Waals surface area contributed by atoms with E-state index in [0.29, 0.717) is 5.69 Å². The number of benzene rings is 3. The summed E-state index contributed by atoms with van der Waals surface area (Å²) in [6, 6.07) is 18.4. The van der Waals surface area contributed by atoms with Crippen LogP contribution in [0.15, 0.2) is 72.8 Å². The van der Waals surface area contributed by atoms with Crippen LogP contribution in [0.3, 0.4) is 0 Å². The number of rotatable bonds is 3. The van der Waals surface area contributed by atoms with Gasteiger partial charge in [-0.05, 0) is 19.1 Å². The zero-order valence-electron chi connectivity index (χ0n) is 16.6. The van der Waals surface area contributed by atoms with Gasteiger partial charge in [-0.3, -0.25) is 30.3 Å². The Bertz CT molecular complexity index is 1030. The van der Waals surface area contributed by atoms with Crippen LogP contribution in [0.5, 0.6) is 0 Å². The third kappa shape index (κ3) is 9.45. The Hall–Kier alpha value is -4.58. The molecule has 0 bridgehead atoms. The lowest BCUT2D eigenvalue weighted by Gasteiger charge is -1.92. The van der Waals surface area contributed by atoms with Crippen LogP contribution >= 0.6 is 0 Å². The number of nitro benzene ring substituents is 3. The highest BCUT2D eigenvalue weighted by Gasteiger charge is 2.07. The molecule has 0 fully saturated rings. The van der Waals surface area contributed by atoms with Crippen molar-refractivity contribution < 1.29 is 14.8 Å². The van der Waals surface area contributed by atoms with Gasteiger partial charge in [-0.25, -0.2) is 0 Å². The topological polar surface area (TPSA) is 216 Å². The minimum atomic E-state index is -0.505. The van der Waals surface area contributed by atoms with E-state index in [2.05, 4.69) is 0 Å². The third-order valence-electron chi connectivity index (χ3n) is 3.46. The van der Waals surface area contributed by atoms with E-state index >= 15 is 0 Å². The number of aryl methyl sites for hydroxylation is 1. The van der Waals surface area contributed by atoms with Crippen LogP contribution in [0.2, 0.25) is 0 Å². The number of nitro groups is 3. The predicted octanol–water partition coefficient (Wildman–Crippen LogP) is 4.42. The normalized spacial score (nSPS) is 8.94. The summed E-state index contributed by atoms with van der Waals surface area (Å²) in [5.41, 5.74) is 12.3. The molecule has 0 heterocycles. The number of hydrogen-bond donors (Lipinski definition) is 3. The molecule has 164 valence electrons. The van der Waals surface area contributed by atoms with Crippen LogP contribution in [-0.2, 0) is 0 Å². The molecular weight excluding hydrogens is 408 g/mol. The number of anilines is 2. The van der Waals surface area contributed by atoms with Gasteiger partial charge < -0.3 is 17.6 Å². The number of non-ortho nitro benzene ring substituents is 2. The molecule has 0 aliphatic carbocycles. The van der Waals surface area contributed by atoms with Crippen molar-refractivity contribution in [3.05, 3.63) is 109 Å². The summed E-state index contributed by atoms with van der Waals surface area (Å²) in [4.78, 5) is 29.0. The number of para-hydroxylation sites is 2.